The molecule has 0 radical (unpaired) electrons. The molecule has 0 aliphatic heterocycles. The summed E-state index contributed by atoms with van der Waals surface area (Å²) in [4.78, 5) is 0. The molecule has 0 heterocycles. The van der Waals surface area contributed by atoms with Crippen molar-refractivity contribution in [2.75, 3.05) is 0 Å². The maximum Gasteiger partial charge on any atom is 0.460 e. The average Bonchev–Trinajstić information content (AvgIpc) is 1.28. The van der Waals surface area contributed by atoms with Crippen LogP contribution in [0.1, 0.15) is 161 Å². The van der Waals surface area contributed by atoms with E-state index in [1.54, 1.807) is 30.3 Å². The summed E-state index contributed by atoms with van der Waals surface area (Å²) in [7, 11) is 0. The van der Waals surface area contributed by atoms with E-state index < -0.39 is 143 Å². The molecular weight excluding hydrogens is 1620 g/mol. The van der Waals surface area contributed by atoms with Gasteiger partial charge in [0.2, 0.25) is 0 Å². The summed E-state index contributed by atoms with van der Waals surface area (Å²) < 4.78 is 485. The Labute approximate surface area is 587 Å². The van der Waals surface area contributed by atoms with Crippen LogP contribution in [-0.2, 0) is 23.7 Å². The minimum absolute atomic E-state index is 0.0988. The van der Waals surface area contributed by atoms with E-state index >= 15 is 35.1 Å². The number of benzene rings is 5. The SMILES string of the molecule is CCCCCCCCC1(CCCCCCCC)c2cc(Br)ccc2-c2cc3c(cc21)-c1ccc(Br)cc1C3(c1ccc(CCC(F)(F)C(F)(F)C(F)(F)C(F)(F)C(F)(F)C(F)(F)C(F)(F)C(F)(F)F)cc1)c1ccc(CCC(F)(F)C(F)(F)C(F)(F)C(F)(F)C(F)(F)C(F)(F)C(F)(F)C(F)(F)F)cc1. The molecular formula is C68H58Br2F34. The van der Waals surface area contributed by atoms with Crippen molar-refractivity contribution < 1.29 is 149 Å². The molecule has 0 N–H and O–H groups in total. The number of hydrogen-bond donors (Lipinski definition) is 0. The lowest BCUT2D eigenvalue weighted by molar-refractivity contribution is -0.461. The molecule has 0 amide bonds. The van der Waals surface area contributed by atoms with E-state index in [4.69, 9.17) is 0 Å². The van der Waals surface area contributed by atoms with E-state index in [1.165, 1.54) is 6.07 Å². The standard InChI is InChI=1S/C68H58Br2F34/c1-3-5-7-9-11-13-29-51(30-14-12-10-8-6-4-2)47-33-41(69)23-25-43(47)45-36-50-46(35-48(45)51)44-26-24-42(70)34-49(44)54(50,39-19-15-37(16-20-39)27-31-52(71,72)55(75,76)57(79,80)59(83,84)61(87,88)63(91,92)65(95,96)67(99,100)101)40-21-17-38(18-22-40)28-32-53(73,74)56(77,78)58(81,82)60(85,86)62(89,90)64(93,94)66(97,98)68(102,103)104/h15-26,33-36H,3-14,27-32H2,1-2H3. The first kappa shape index (κ1) is 85.9. The fraction of sp³-hybridized carbons (Fsp3) is 0.559. The van der Waals surface area contributed by atoms with Crippen LogP contribution in [0.4, 0.5) is 149 Å². The predicted octanol–water partition coefficient (Wildman–Crippen LogP) is 27.2. The Bertz CT molecular complexity index is 3670. The third-order valence-corrected chi connectivity index (χ3v) is 20.2. The summed E-state index contributed by atoms with van der Waals surface area (Å²) >= 11 is 6.98. The Balaban J connectivity index is 1.38. The molecule has 0 aromatic heterocycles. The van der Waals surface area contributed by atoms with Crippen molar-refractivity contribution in [2.45, 2.75) is 236 Å². The summed E-state index contributed by atoms with van der Waals surface area (Å²) in [6.45, 7) is 4.06. The van der Waals surface area contributed by atoms with Crippen LogP contribution in [-0.4, -0.2) is 95.3 Å². The van der Waals surface area contributed by atoms with Gasteiger partial charge < -0.3 is 0 Å². The highest BCUT2D eigenvalue weighted by Gasteiger charge is 2.97. The van der Waals surface area contributed by atoms with Gasteiger partial charge in [0.1, 0.15) is 0 Å². The molecule has 582 valence electrons. The lowest BCUT2D eigenvalue weighted by Gasteiger charge is -2.42. The van der Waals surface area contributed by atoms with Crippen LogP contribution >= 0.6 is 31.9 Å². The number of alkyl halides is 34. The molecule has 0 saturated heterocycles. The molecule has 0 atom stereocenters. The fourth-order valence-electron chi connectivity index (χ4n) is 13.3. The van der Waals surface area contributed by atoms with Crippen LogP contribution in [0.15, 0.2) is 106 Å². The van der Waals surface area contributed by atoms with E-state index in [0.717, 1.165) is 124 Å². The van der Waals surface area contributed by atoms with Crippen LogP contribution in [0.25, 0.3) is 22.3 Å². The first-order chi connectivity index (χ1) is 47.2. The third kappa shape index (κ3) is 13.4. The monoisotopic (exact) mass is 1680 g/mol. The topological polar surface area (TPSA) is 0 Å². The Kier molecular flexibility index (Phi) is 23.6. The Hall–Kier alpha value is -5.32. The van der Waals surface area contributed by atoms with Gasteiger partial charge in [0, 0.05) is 27.2 Å². The molecule has 36 heteroatoms. The molecule has 104 heavy (non-hydrogen) atoms. The zero-order valence-electron chi connectivity index (χ0n) is 53.6. The molecule has 0 fully saturated rings. The molecule has 2 aliphatic rings. The largest absolute Gasteiger partial charge is 0.460 e. The molecule has 2 aliphatic carbocycles. The Morgan fingerprint density at radius 2 is 0.529 bits per heavy atom. The summed E-state index contributed by atoms with van der Waals surface area (Å²) in [6.07, 6.45) is -13.6. The number of halogens is 36. The van der Waals surface area contributed by atoms with Crippen molar-refractivity contribution >= 4 is 31.9 Å². The number of aryl methyl sites for hydroxylation is 2. The van der Waals surface area contributed by atoms with Gasteiger partial charge in [-0.2, -0.15) is 149 Å². The lowest BCUT2D eigenvalue weighted by atomic mass is 9.66. The molecule has 7 rings (SSSR count). The lowest BCUT2D eigenvalue weighted by Crippen LogP contribution is -2.74. The summed E-state index contributed by atoms with van der Waals surface area (Å²) in [6, 6.07) is 20.8. The van der Waals surface area contributed by atoms with Gasteiger partial charge >= 0.3 is 95.3 Å². The summed E-state index contributed by atoms with van der Waals surface area (Å²) in [5, 5.41) is 0. The molecule has 5 aromatic carbocycles. The highest BCUT2D eigenvalue weighted by molar-refractivity contribution is 9.10. The second-order valence-electron chi connectivity index (χ2n) is 25.9. The summed E-state index contributed by atoms with van der Waals surface area (Å²) in [5.41, 5.74) is -0.338. The number of fused-ring (bicyclic) bond motifs is 6. The van der Waals surface area contributed by atoms with Crippen molar-refractivity contribution in [1.29, 1.82) is 0 Å². The van der Waals surface area contributed by atoms with Crippen molar-refractivity contribution in [3.63, 3.8) is 0 Å². The van der Waals surface area contributed by atoms with Crippen LogP contribution < -0.4 is 0 Å². The van der Waals surface area contributed by atoms with E-state index in [2.05, 4.69) is 31.9 Å². The van der Waals surface area contributed by atoms with E-state index in [-0.39, 0.29) is 26.7 Å². The number of unbranched alkanes of at least 4 members (excludes halogenated alkanes) is 10. The zero-order valence-corrected chi connectivity index (χ0v) is 56.7. The first-order valence-electron chi connectivity index (χ1n) is 31.6. The predicted molar refractivity (Wildman–Crippen MR) is 319 cm³/mol. The molecule has 0 bridgehead atoms. The quantitative estimate of drug-likeness (QED) is 0.0279. The smallest absolute Gasteiger partial charge is 0.200 e. The minimum atomic E-state index is -8.89. The molecule has 0 nitrogen and oxygen atoms in total. The van der Waals surface area contributed by atoms with Gasteiger partial charge in [-0.1, -0.05) is 183 Å². The normalized spacial score (nSPS) is 16.1. The van der Waals surface area contributed by atoms with E-state index in [1.807, 2.05) is 26.0 Å². The summed E-state index contributed by atoms with van der Waals surface area (Å²) in [5.74, 6) is -117. The number of hydrogen-bond acceptors (Lipinski definition) is 0. The molecule has 0 unspecified atom stereocenters. The number of rotatable bonds is 34. The molecule has 0 spiro atoms. The first-order valence-corrected chi connectivity index (χ1v) is 33.2. The third-order valence-electron chi connectivity index (χ3n) is 19.3. The maximum atomic E-state index is 15.4. The highest BCUT2D eigenvalue weighted by Crippen LogP contribution is 2.68. The van der Waals surface area contributed by atoms with Crippen molar-refractivity contribution in [1.82, 2.24) is 0 Å². The Morgan fingerprint density at radius 3 is 0.865 bits per heavy atom. The van der Waals surface area contributed by atoms with Crippen LogP contribution in [0.5, 0.6) is 0 Å². The zero-order chi connectivity index (χ0) is 79.1. The highest BCUT2D eigenvalue weighted by atomic mass is 79.9. The molecule has 5 aromatic rings. The second-order valence-corrected chi connectivity index (χ2v) is 27.7. The van der Waals surface area contributed by atoms with E-state index in [9.17, 15) is 114 Å². The van der Waals surface area contributed by atoms with Crippen molar-refractivity contribution in [3.8, 4) is 22.3 Å². The average molecular weight is 1680 g/mol. The maximum absolute atomic E-state index is 15.4. The Morgan fingerprint density at radius 1 is 0.269 bits per heavy atom. The van der Waals surface area contributed by atoms with Gasteiger partial charge in [-0.15, -0.1) is 0 Å². The minimum Gasteiger partial charge on any atom is -0.200 e. The van der Waals surface area contributed by atoms with Crippen LogP contribution in [0.2, 0.25) is 0 Å². The van der Waals surface area contributed by atoms with E-state index in [0.29, 0.717) is 52.4 Å². The van der Waals surface area contributed by atoms with Crippen molar-refractivity contribution in [3.05, 3.63) is 151 Å². The van der Waals surface area contributed by atoms with Gasteiger partial charge in [0.25, 0.3) is 0 Å². The fourth-order valence-corrected chi connectivity index (χ4v) is 14.0. The van der Waals surface area contributed by atoms with Gasteiger partial charge in [0.05, 0.1) is 5.41 Å². The van der Waals surface area contributed by atoms with Crippen LogP contribution in [0.3, 0.4) is 0 Å². The van der Waals surface area contributed by atoms with Gasteiger partial charge in [-0.3, -0.25) is 0 Å². The second kappa shape index (κ2) is 28.6. The van der Waals surface area contributed by atoms with Gasteiger partial charge in [-0.05, 0) is 129 Å². The van der Waals surface area contributed by atoms with Gasteiger partial charge in [-0.25, -0.2) is 0 Å². The van der Waals surface area contributed by atoms with Gasteiger partial charge in [0.15, 0.2) is 0 Å². The van der Waals surface area contributed by atoms with Crippen LogP contribution in [0, 0.1) is 0 Å². The van der Waals surface area contributed by atoms with Crippen molar-refractivity contribution in [2.24, 2.45) is 0 Å². The molecule has 0 saturated carbocycles.